The van der Waals surface area contributed by atoms with Gasteiger partial charge in [0.15, 0.2) is 0 Å². The Labute approximate surface area is 141 Å². The van der Waals surface area contributed by atoms with Crippen LogP contribution in [0, 0.1) is 12.7 Å². The highest BCUT2D eigenvalue weighted by Gasteiger charge is 2.31. The van der Waals surface area contributed by atoms with Gasteiger partial charge in [0.1, 0.15) is 5.82 Å². The molecule has 1 aliphatic carbocycles. The van der Waals surface area contributed by atoms with Crippen molar-refractivity contribution in [2.24, 2.45) is 0 Å². The summed E-state index contributed by atoms with van der Waals surface area (Å²) in [5.41, 5.74) is 3.06. The van der Waals surface area contributed by atoms with Crippen molar-refractivity contribution in [2.75, 3.05) is 20.3 Å². The fourth-order valence-corrected chi connectivity index (χ4v) is 4.12. The summed E-state index contributed by atoms with van der Waals surface area (Å²) in [4.78, 5) is 0.269. The summed E-state index contributed by atoms with van der Waals surface area (Å²) in [5.74, 6) is -0.386. The van der Waals surface area contributed by atoms with Crippen molar-refractivity contribution >= 4 is 10.0 Å². The Kier molecular flexibility index (Phi) is 4.71. The van der Waals surface area contributed by atoms with Crippen LogP contribution in [0.25, 0.3) is 0 Å². The number of rotatable bonds is 3. The van der Waals surface area contributed by atoms with E-state index in [-0.39, 0.29) is 16.6 Å². The van der Waals surface area contributed by atoms with Gasteiger partial charge in [-0.3, -0.25) is 0 Å². The maximum atomic E-state index is 13.9. The molecule has 4 nitrogen and oxygen atoms in total. The van der Waals surface area contributed by atoms with Gasteiger partial charge in [-0.15, -0.1) is 0 Å². The van der Waals surface area contributed by atoms with Gasteiger partial charge >= 0.3 is 0 Å². The van der Waals surface area contributed by atoms with Crippen molar-refractivity contribution in [3.05, 3.63) is 69.4 Å². The van der Waals surface area contributed by atoms with Gasteiger partial charge < -0.3 is 4.74 Å². The fraction of sp³-hybridized carbons (Fsp3) is 0.333. The van der Waals surface area contributed by atoms with E-state index in [0.29, 0.717) is 25.2 Å². The first-order valence-corrected chi connectivity index (χ1v) is 9.29. The number of allylic oxidation sites excluding steroid dienone is 4. The Morgan fingerprint density at radius 2 is 2.12 bits per heavy atom. The summed E-state index contributed by atoms with van der Waals surface area (Å²) in [6.45, 7) is 2.51. The van der Waals surface area contributed by atoms with Crippen molar-refractivity contribution in [1.82, 2.24) is 4.72 Å². The second-order valence-corrected chi connectivity index (χ2v) is 7.81. The van der Waals surface area contributed by atoms with Crippen LogP contribution >= 0.6 is 0 Å². The minimum Gasteiger partial charge on any atom is -0.376 e. The highest BCUT2D eigenvalue weighted by molar-refractivity contribution is 7.93. The van der Waals surface area contributed by atoms with Gasteiger partial charge in [-0.25, -0.2) is 17.5 Å². The molecule has 0 saturated carbocycles. The summed E-state index contributed by atoms with van der Waals surface area (Å²) in [6, 6.07) is 5.14. The number of benzene rings is 1. The Morgan fingerprint density at radius 1 is 1.33 bits per heavy atom. The molecule has 24 heavy (non-hydrogen) atoms. The SMILES string of the molecule is CNS(=O)(=O)C1=CC=CC/C1=C1\COCC1c1ccc(C)c(F)c1. The number of hydrogen-bond donors (Lipinski definition) is 1. The summed E-state index contributed by atoms with van der Waals surface area (Å²) >= 11 is 0. The third-order valence-electron chi connectivity index (χ3n) is 4.51. The lowest BCUT2D eigenvalue weighted by molar-refractivity contribution is 0.198. The van der Waals surface area contributed by atoms with Crippen molar-refractivity contribution in [3.8, 4) is 0 Å². The number of hydrogen-bond acceptors (Lipinski definition) is 3. The maximum Gasteiger partial charge on any atom is 0.240 e. The van der Waals surface area contributed by atoms with E-state index in [1.54, 1.807) is 25.1 Å². The standard InChI is InChI=1S/C18H20FNO3S/c1-12-7-8-13(9-17(12)19)15-10-23-11-16(15)14-5-3-4-6-18(14)24(21,22)20-2/h3-4,6-9,15,20H,5,10-11H2,1-2H3/b16-14-. The number of sulfonamides is 1. The average molecular weight is 349 g/mol. The van der Waals surface area contributed by atoms with Crippen LogP contribution in [0.2, 0.25) is 0 Å². The first-order valence-electron chi connectivity index (χ1n) is 7.80. The summed E-state index contributed by atoms with van der Waals surface area (Å²) in [7, 11) is -2.16. The van der Waals surface area contributed by atoms with Crippen LogP contribution in [-0.2, 0) is 14.8 Å². The Morgan fingerprint density at radius 3 is 2.83 bits per heavy atom. The molecule has 0 spiro atoms. The highest BCUT2D eigenvalue weighted by atomic mass is 32.2. The molecule has 0 aromatic heterocycles. The third-order valence-corrected chi connectivity index (χ3v) is 6.01. The molecule has 3 rings (SSSR count). The van der Waals surface area contributed by atoms with Crippen LogP contribution in [0.15, 0.2) is 52.5 Å². The molecule has 128 valence electrons. The lowest BCUT2D eigenvalue weighted by atomic mass is 9.88. The lowest BCUT2D eigenvalue weighted by Crippen LogP contribution is -2.23. The zero-order valence-corrected chi connectivity index (χ0v) is 14.5. The predicted octanol–water partition coefficient (Wildman–Crippen LogP) is 2.94. The lowest BCUT2D eigenvalue weighted by Gasteiger charge is -2.20. The minimum atomic E-state index is -3.56. The zero-order chi connectivity index (χ0) is 17.3. The molecule has 0 amide bonds. The largest absolute Gasteiger partial charge is 0.376 e. The van der Waals surface area contributed by atoms with Gasteiger partial charge in [0.25, 0.3) is 0 Å². The van der Waals surface area contributed by atoms with Gasteiger partial charge in [-0.1, -0.05) is 24.3 Å². The molecule has 6 heteroatoms. The van der Waals surface area contributed by atoms with Crippen LogP contribution in [0.4, 0.5) is 4.39 Å². The Bertz CT molecular complexity index is 853. The minimum absolute atomic E-state index is 0.128. The fourth-order valence-electron chi connectivity index (χ4n) is 3.10. The summed E-state index contributed by atoms with van der Waals surface area (Å²) in [5, 5.41) is 0. The van der Waals surface area contributed by atoms with Crippen molar-refractivity contribution < 1.29 is 17.5 Å². The maximum absolute atomic E-state index is 13.9. The van der Waals surface area contributed by atoms with E-state index in [4.69, 9.17) is 4.74 Å². The predicted molar refractivity (Wildman–Crippen MR) is 91.5 cm³/mol. The Hall–Kier alpha value is -1.76. The van der Waals surface area contributed by atoms with E-state index in [1.165, 1.54) is 13.1 Å². The van der Waals surface area contributed by atoms with E-state index in [0.717, 1.165) is 16.7 Å². The van der Waals surface area contributed by atoms with Gasteiger partial charge in [-0.2, -0.15) is 0 Å². The Balaban J connectivity index is 2.08. The number of ether oxygens (including phenoxy) is 1. The van der Waals surface area contributed by atoms with Crippen LogP contribution in [0.3, 0.4) is 0 Å². The molecule has 1 heterocycles. The van der Waals surface area contributed by atoms with Gasteiger partial charge in [0, 0.05) is 5.92 Å². The molecule has 1 saturated heterocycles. The molecular formula is C18H20FNO3S. The van der Waals surface area contributed by atoms with Crippen molar-refractivity contribution in [3.63, 3.8) is 0 Å². The van der Waals surface area contributed by atoms with Gasteiger partial charge in [0.05, 0.1) is 18.1 Å². The van der Waals surface area contributed by atoms with Crippen molar-refractivity contribution in [2.45, 2.75) is 19.3 Å². The molecule has 0 radical (unpaired) electrons. The van der Waals surface area contributed by atoms with Crippen LogP contribution < -0.4 is 4.72 Å². The number of halogens is 1. The van der Waals surface area contributed by atoms with Gasteiger partial charge in [0.2, 0.25) is 10.0 Å². The molecule has 1 atom stereocenters. The monoisotopic (exact) mass is 349 g/mol. The first kappa shape index (κ1) is 17.1. The first-order chi connectivity index (χ1) is 11.4. The molecule has 1 aromatic rings. The van der Waals surface area contributed by atoms with Crippen molar-refractivity contribution in [1.29, 1.82) is 0 Å². The molecular weight excluding hydrogens is 329 g/mol. The van der Waals surface area contributed by atoms with E-state index in [2.05, 4.69) is 4.72 Å². The summed E-state index contributed by atoms with van der Waals surface area (Å²) in [6.07, 6.45) is 5.78. The second kappa shape index (κ2) is 6.63. The quantitative estimate of drug-likeness (QED) is 0.913. The average Bonchev–Trinajstić information content (AvgIpc) is 3.07. The molecule has 1 fully saturated rings. The molecule has 0 bridgehead atoms. The van der Waals surface area contributed by atoms with Crippen LogP contribution in [-0.4, -0.2) is 28.7 Å². The van der Waals surface area contributed by atoms with Crippen LogP contribution in [0.1, 0.15) is 23.5 Å². The molecule has 1 aliphatic heterocycles. The van der Waals surface area contributed by atoms with E-state index in [9.17, 15) is 12.8 Å². The second-order valence-electron chi connectivity index (χ2n) is 5.95. The van der Waals surface area contributed by atoms with Gasteiger partial charge in [-0.05, 0) is 54.8 Å². The molecule has 1 N–H and O–H groups in total. The number of aryl methyl sites for hydroxylation is 1. The topological polar surface area (TPSA) is 55.4 Å². The molecule has 2 aliphatic rings. The smallest absolute Gasteiger partial charge is 0.240 e. The number of nitrogens with one attached hydrogen (secondary N) is 1. The van der Waals surface area contributed by atoms with Crippen LogP contribution in [0.5, 0.6) is 0 Å². The third kappa shape index (κ3) is 3.09. The molecule has 1 aromatic carbocycles. The van der Waals surface area contributed by atoms with E-state index < -0.39 is 10.0 Å². The summed E-state index contributed by atoms with van der Waals surface area (Å²) < 4.78 is 46.5. The van der Waals surface area contributed by atoms with E-state index >= 15 is 0 Å². The zero-order valence-electron chi connectivity index (χ0n) is 13.7. The normalized spacial score (nSPS) is 24.3. The molecule has 1 unspecified atom stereocenters. The van der Waals surface area contributed by atoms with E-state index in [1.807, 2.05) is 12.1 Å². The highest BCUT2D eigenvalue weighted by Crippen LogP contribution is 2.38.